The molecule has 15 nitrogen and oxygen atoms in total. The summed E-state index contributed by atoms with van der Waals surface area (Å²) >= 11 is 0. The number of carbonyl (C=O) groups is 4. The Balaban J connectivity index is 2.30. The largest absolute Gasteiger partial charge is 0.484 e. The smallest absolute Gasteiger partial charge is 0.462 e. The monoisotopic (exact) mass is 1460 g/mol. The van der Waals surface area contributed by atoms with Gasteiger partial charge in [-0.2, -0.15) is 4.31 Å². The highest BCUT2D eigenvalue weighted by molar-refractivity contribution is 7.62. The van der Waals surface area contributed by atoms with E-state index in [2.05, 4.69) is 27.7 Å². The van der Waals surface area contributed by atoms with Crippen LogP contribution in [0.5, 0.6) is 0 Å². The van der Waals surface area contributed by atoms with E-state index in [1.165, 1.54) is 218 Å². The zero-order chi connectivity index (χ0) is 72.9. The Morgan fingerprint density at radius 1 is 0.267 bits per heavy atom. The van der Waals surface area contributed by atoms with Crippen molar-refractivity contribution in [1.29, 1.82) is 0 Å². The van der Waals surface area contributed by atoms with Gasteiger partial charge in [0.15, 0.2) is 12.2 Å². The van der Waals surface area contributed by atoms with Gasteiger partial charge in [-0.05, 0) is 36.8 Å². The number of phosphoric acid groups is 2. The SMILES string of the molecule is CCCCCCCCCCCCCCCC(=O)OC[C@@H](COP(=O)(OCc1ccccc1)OP(=O)(OCc1ccccc1)OC[C@H](COC(=O)CCCCCCCCCCCCCCC)OC(=O)CCCCCCCCCCCCCCC)OC(=O)CCCCCCCCCCCCCCC. The summed E-state index contributed by atoms with van der Waals surface area (Å²) in [6, 6.07) is 17.7. The summed E-state index contributed by atoms with van der Waals surface area (Å²) in [5, 5.41) is 0. The van der Waals surface area contributed by atoms with Crippen LogP contribution < -0.4 is 0 Å². The molecule has 2 aromatic carbocycles. The average molecular weight is 1460 g/mol. The molecule has 2 aromatic rings. The molecule has 0 saturated heterocycles. The summed E-state index contributed by atoms with van der Waals surface area (Å²) in [6.45, 7) is 6.14. The molecule has 0 spiro atoms. The Kier molecular flexibility index (Phi) is 63.4. The van der Waals surface area contributed by atoms with Crippen LogP contribution in [-0.4, -0.2) is 62.5 Å². The first kappa shape index (κ1) is 93.7. The lowest BCUT2D eigenvalue weighted by Gasteiger charge is -2.26. The van der Waals surface area contributed by atoms with Crippen LogP contribution in [0.4, 0.5) is 0 Å². The highest BCUT2D eigenvalue weighted by Gasteiger charge is 2.43. The van der Waals surface area contributed by atoms with Gasteiger partial charge in [-0.1, -0.05) is 397 Å². The van der Waals surface area contributed by atoms with Crippen molar-refractivity contribution in [1.82, 2.24) is 0 Å². The Morgan fingerprint density at radius 3 is 0.703 bits per heavy atom. The van der Waals surface area contributed by atoms with Gasteiger partial charge in [0.2, 0.25) is 0 Å². The van der Waals surface area contributed by atoms with E-state index in [9.17, 15) is 19.2 Å². The first-order chi connectivity index (χ1) is 49.4. The van der Waals surface area contributed by atoms with Crippen LogP contribution in [0.1, 0.15) is 398 Å². The van der Waals surface area contributed by atoms with Crippen molar-refractivity contribution < 1.29 is 69.7 Å². The molecule has 101 heavy (non-hydrogen) atoms. The number of ether oxygens (including phenoxy) is 4. The Labute approximate surface area is 617 Å². The van der Waals surface area contributed by atoms with E-state index in [0.717, 1.165) is 89.9 Å². The van der Waals surface area contributed by atoms with Crippen LogP contribution in [0.25, 0.3) is 0 Å². The molecular formula is C84H148O15P2. The van der Waals surface area contributed by atoms with Crippen LogP contribution in [0.15, 0.2) is 60.7 Å². The second-order valence-corrected chi connectivity index (χ2v) is 32.1. The normalized spacial score (nSPS) is 13.3. The third-order valence-corrected chi connectivity index (χ3v) is 22.3. The number of unbranched alkanes of at least 4 members (excludes halogenated alkanes) is 48. The molecular weight excluding hydrogens is 1310 g/mol. The van der Waals surface area contributed by atoms with Gasteiger partial charge in [-0.25, -0.2) is 9.13 Å². The predicted octanol–water partition coefficient (Wildman–Crippen LogP) is 26.5. The number of hydrogen-bond acceptors (Lipinski definition) is 15. The molecule has 2 unspecified atom stereocenters. The van der Waals surface area contributed by atoms with Crippen LogP contribution in [0, 0.1) is 0 Å². The highest BCUT2D eigenvalue weighted by Crippen LogP contribution is 2.66. The van der Waals surface area contributed by atoms with Gasteiger partial charge in [0.05, 0.1) is 26.4 Å². The van der Waals surface area contributed by atoms with Gasteiger partial charge in [-0.15, -0.1) is 0 Å². The van der Waals surface area contributed by atoms with Crippen molar-refractivity contribution in [3.63, 3.8) is 0 Å². The van der Waals surface area contributed by atoms with Crippen molar-refractivity contribution in [2.24, 2.45) is 0 Å². The maximum atomic E-state index is 15.3. The zero-order valence-corrected chi connectivity index (χ0v) is 66.6. The third kappa shape index (κ3) is 59.4. The molecule has 0 heterocycles. The molecule has 0 fully saturated rings. The topological polar surface area (TPSA) is 185 Å². The van der Waals surface area contributed by atoms with Gasteiger partial charge in [0.1, 0.15) is 13.2 Å². The molecule has 584 valence electrons. The summed E-state index contributed by atoms with van der Waals surface area (Å²) in [4.78, 5) is 53.9. The Hall–Kier alpha value is -3.42. The predicted molar refractivity (Wildman–Crippen MR) is 414 cm³/mol. The molecule has 0 amide bonds. The van der Waals surface area contributed by atoms with Gasteiger partial charge in [-0.3, -0.25) is 37.3 Å². The van der Waals surface area contributed by atoms with Crippen molar-refractivity contribution >= 4 is 39.5 Å². The van der Waals surface area contributed by atoms with Crippen molar-refractivity contribution in [2.75, 3.05) is 26.4 Å². The highest BCUT2D eigenvalue weighted by atomic mass is 31.3. The molecule has 0 bridgehead atoms. The molecule has 0 radical (unpaired) electrons. The summed E-state index contributed by atoms with van der Waals surface area (Å²) in [5.74, 6) is -2.03. The molecule has 0 N–H and O–H groups in total. The first-order valence-electron chi connectivity index (χ1n) is 41.7. The molecule has 0 aromatic heterocycles. The fourth-order valence-corrected chi connectivity index (χ4v) is 15.7. The van der Waals surface area contributed by atoms with E-state index in [1.54, 1.807) is 48.5 Å². The number of hydrogen-bond donors (Lipinski definition) is 0. The number of rotatable bonds is 76. The minimum absolute atomic E-state index is 0.107. The second-order valence-electron chi connectivity index (χ2n) is 28.6. The van der Waals surface area contributed by atoms with E-state index < -0.39 is 78.2 Å². The molecule has 4 atom stereocenters. The Bertz CT molecular complexity index is 2150. The maximum absolute atomic E-state index is 15.3. The summed E-state index contributed by atoms with van der Waals surface area (Å²) in [7, 11) is -10.2. The fourth-order valence-electron chi connectivity index (χ4n) is 12.5. The van der Waals surface area contributed by atoms with E-state index >= 15 is 9.13 Å². The van der Waals surface area contributed by atoms with Gasteiger partial charge < -0.3 is 18.9 Å². The van der Waals surface area contributed by atoms with Gasteiger partial charge >= 0.3 is 39.5 Å². The van der Waals surface area contributed by atoms with Gasteiger partial charge in [0, 0.05) is 25.7 Å². The van der Waals surface area contributed by atoms with Gasteiger partial charge in [0.25, 0.3) is 0 Å². The van der Waals surface area contributed by atoms with Crippen LogP contribution in [0.2, 0.25) is 0 Å². The number of esters is 4. The van der Waals surface area contributed by atoms with Crippen LogP contribution in [-0.2, 0) is 82.9 Å². The molecule has 0 saturated carbocycles. The van der Waals surface area contributed by atoms with E-state index in [4.69, 9.17) is 41.4 Å². The minimum Gasteiger partial charge on any atom is -0.462 e. The molecule has 0 aliphatic heterocycles. The Morgan fingerprint density at radius 2 is 0.475 bits per heavy atom. The number of carbonyl (C=O) groups excluding carboxylic acids is 4. The fraction of sp³-hybridized carbons (Fsp3) is 0.810. The quantitative estimate of drug-likeness (QED) is 0.0263. The minimum atomic E-state index is -5.10. The zero-order valence-electron chi connectivity index (χ0n) is 64.8. The van der Waals surface area contributed by atoms with E-state index in [-0.39, 0.29) is 38.9 Å². The summed E-state index contributed by atoms with van der Waals surface area (Å²) in [5.41, 5.74) is 1.14. The van der Waals surface area contributed by atoms with Crippen LogP contribution >= 0.6 is 15.6 Å². The van der Waals surface area contributed by atoms with Crippen LogP contribution in [0.3, 0.4) is 0 Å². The number of phosphoric ester groups is 2. The molecule has 0 aliphatic carbocycles. The van der Waals surface area contributed by atoms with Crippen molar-refractivity contribution in [2.45, 2.75) is 413 Å². The lowest BCUT2D eigenvalue weighted by atomic mass is 10.0. The lowest BCUT2D eigenvalue weighted by Crippen LogP contribution is -2.30. The summed E-state index contributed by atoms with van der Waals surface area (Å²) in [6.07, 6.45) is 58.3. The van der Waals surface area contributed by atoms with Crippen molar-refractivity contribution in [3.8, 4) is 0 Å². The average Bonchev–Trinajstić information content (AvgIpc) is 0.826. The van der Waals surface area contributed by atoms with Crippen molar-refractivity contribution in [3.05, 3.63) is 71.8 Å². The van der Waals surface area contributed by atoms with E-state index in [0.29, 0.717) is 36.8 Å². The van der Waals surface area contributed by atoms with E-state index in [1.807, 2.05) is 12.1 Å². The lowest BCUT2D eigenvalue weighted by molar-refractivity contribution is -0.161. The maximum Gasteiger partial charge on any atom is 0.484 e. The molecule has 17 heteroatoms. The summed E-state index contributed by atoms with van der Waals surface area (Å²) < 4.78 is 83.8. The standard InChI is InChI=1S/C84H148O15P2/c1-5-9-13-17-21-25-29-33-37-41-45-49-59-67-81(85)91-73-79(97-83(87)69-61-51-47-43-39-35-31-27-23-19-15-11-7-3)75-95-100(89,93-71-77-63-55-53-56-64-77)99-101(90,94-72-78-65-57-54-58-66-78)96-76-80(98-84(88)70-62-52-48-44-40-36-32-28-24-20-16-12-8-4)74-92-82(86)68-60-50-46-42-38-34-30-26-22-18-14-10-6-2/h53-58,63-66,79-80H,5-52,59-62,67-76H2,1-4H3/t79-,80-,100?,101?/m0/s1. The third-order valence-electron chi connectivity index (χ3n) is 18.9. The molecule has 2 rings (SSSR count). The number of benzene rings is 2. The molecule has 0 aliphatic rings. The first-order valence-corrected chi connectivity index (χ1v) is 44.6. The second kappa shape index (κ2) is 68.4.